The molecule has 1 fully saturated rings. The Morgan fingerprint density at radius 2 is 2.12 bits per heavy atom. The zero-order valence-electron chi connectivity index (χ0n) is 14.4. The molecule has 3 rings (SSSR count). The summed E-state index contributed by atoms with van der Waals surface area (Å²) < 4.78 is 6.93. The van der Waals surface area contributed by atoms with E-state index in [4.69, 9.17) is 4.74 Å². The van der Waals surface area contributed by atoms with Gasteiger partial charge in [-0.05, 0) is 31.2 Å². The molecular formula is C18H24N4O2. The van der Waals surface area contributed by atoms with Gasteiger partial charge in [0.15, 0.2) is 0 Å². The van der Waals surface area contributed by atoms with Gasteiger partial charge in [-0.3, -0.25) is 9.48 Å². The predicted molar refractivity (Wildman–Crippen MR) is 91.9 cm³/mol. The number of ether oxygens (including phenoxy) is 1. The average molecular weight is 328 g/mol. The third-order valence-electron chi connectivity index (χ3n) is 4.68. The maximum Gasteiger partial charge on any atom is 0.244 e. The van der Waals surface area contributed by atoms with Crippen LogP contribution in [0, 0.1) is 0 Å². The number of nitrogens with one attached hydrogen (secondary N) is 1. The minimum atomic E-state index is -0.340. The number of methoxy groups -OCH3 is 1. The van der Waals surface area contributed by atoms with Crippen LogP contribution in [0.2, 0.25) is 0 Å². The number of hydrogen-bond donors (Lipinski definition) is 1. The first kappa shape index (κ1) is 16.5. The molecule has 0 radical (unpaired) electrons. The molecule has 1 saturated heterocycles. The average Bonchev–Trinajstić information content (AvgIpc) is 3.25. The quantitative estimate of drug-likeness (QED) is 0.908. The van der Waals surface area contributed by atoms with Crippen molar-refractivity contribution in [3.05, 3.63) is 47.8 Å². The van der Waals surface area contributed by atoms with Gasteiger partial charge in [-0.15, -0.1) is 0 Å². The van der Waals surface area contributed by atoms with Crippen LogP contribution in [0.4, 0.5) is 0 Å². The normalized spacial score (nSPS) is 18.6. The lowest BCUT2D eigenvalue weighted by molar-refractivity contribution is -0.132. The summed E-state index contributed by atoms with van der Waals surface area (Å²) in [6.45, 7) is 1.54. The van der Waals surface area contributed by atoms with E-state index in [9.17, 15) is 4.79 Å². The highest BCUT2D eigenvalue weighted by Crippen LogP contribution is 2.30. The molecule has 2 unspecified atom stereocenters. The van der Waals surface area contributed by atoms with Gasteiger partial charge in [0.2, 0.25) is 5.91 Å². The van der Waals surface area contributed by atoms with Crippen molar-refractivity contribution >= 4 is 5.91 Å². The summed E-state index contributed by atoms with van der Waals surface area (Å²) in [7, 11) is 5.34. The van der Waals surface area contributed by atoms with Crippen LogP contribution in [0.5, 0.6) is 5.75 Å². The minimum Gasteiger partial charge on any atom is -0.497 e. The van der Waals surface area contributed by atoms with E-state index in [0.29, 0.717) is 5.92 Å². The Bertz CT molecular complexity index is 695. The van der Waals surface area contributed by atoms with Crippen molar-refractivity contribution in [2.75, 3.05) is 27.2 Å². The van der Waals surface area contributed by atoms with E-state index in [1.807, 2.05) is 37.3 Å². The molecule has 1 amide bonds. The molecule has 1 aromatic heterocycles. The highest BCUT2D eigenvalue weighted by Gasteiger charge is 2.32. The predicted octanol–water partition coefficient (Wildman–Crippen LogP) is 1.71. The Morgan fingerprint density at radius 1 is 1.38 bits per heavy atom. The third kappa shape index (κ3) is 3.28. The number of hydrogen-bond acceptors (Lipinski definition) is 4. The summed E-state index contributed by atoms with van der Waals surface area (Å²) in [5.41, 5.74) is 2.16. The second-order valence-electron chi connectivity index (χ2n) is 6.21. The van der Waals surface area contributed by atoms with Gasteiger partial charge in [-0.2, -0.15) is 5.10 Å². The number of carbonyl (C=O) groups excluding carboxylic acids is 1. The second-order valence-corrected chi connectivity index (χ2v) is 6.21. The molecule has 1 aromatic carbocycles. The molecule has 0 spiro atoms. The number of likely N-dealkylation sites (N-methyl/N-ethyl adjacent to an activating group) is 1. The number of benzene rings is 1. The molecule has 1 aliphatic heterocycles. The molecule has 0 bridgehead atoms. The Kier molecular flexibility index (Phi) is 4.85. The van der Waals surface area contributed by atoms with Crippen LogP contribution in [0.25, 0.3) is 0 Å². The van der Waals surface area contributed by atoms with Gasteiger partial charge in [0.05, 0.1) is 13.3 Å². The molecule has 1 aliphatic rings. The van der Waals surface area contributed by atoms with Crippen LogP contribution in [0.1, 0.15) is 29.5 Å². The van der Waals surface area contributed by atoms with Gasteiger partial charge in [-0.25, -0.2) is 0 Å². The van der Waals surface area contributed by atoms with Crippen molar-refractivity contribution < 1.29 is 9.53 Å². The van der Waals surface area contributed by atoms with E-state index in [0.717, 1.165) is 30.8 Å². The molecule has 6 nitrogen and oxygen atoms in total. The molecule has 1 N–H and O–H groups in total. The largest absolute Gasteiger partial charge is 0.497 e. The highest BCUT2D eigenvalue weighted by molar-refractivity contribution is 5.83. The fourth-order valence-corrected chi connectivity index (χ4v) is 3.31. The summed E-state index contributed by atoms with van der Waals surface area (Å²) >= 11 is 0. The SMILES string of the molecule is CNC(C(=O)N1CCC(c2ccc(OC)cc2)C1)c1cnn(C)c1. The number of rotatable bonds is 5. The molecule has 128 valence electrons. The second kappa shape index (κ2) is 7.05. The summed E-state index contributed by atoms with van der Waals surface area (Å²) in [6, 6.07) is 7.80. The van der Waals surface area contributed by atoms with Crippen molar-refractivity contribution in [2.24, 2.45) is 7.05 Å². The molecule has 2 heterocycles. The maximum absolute atomic E-state index is 12.9. The lowest BCUT2D eigenvalue weighted by Gasteiger charge is -2.22. The fraction of sp³-hybridized carbons (Fsp3) is 0.444. The molecule has 2 aromatic rings. The van der Waals surface area contributed by atoms with Gasteiger partial charge in [0, 0.05) is 37.8 Å². The van der Waals surface area contributed by atoms with Crippen LogP contribution < -0.4 is 10.1 Å². The van der Waals surface area contributed by atoms with Gasteiger partial charge in [0.1, 0.15) is 11.8 Å². The maximum atomic E-state index is 12.9. The summed E-state index contributed by atoms with van der Waals surface area (Å²) in [4.78, 5) is 14.8. The number of amides is 1. The first-order valence-corrected chi connectivity index (χ1v) is 8.21. The van der Waals surface area contributed by atoms with Crippen LogP contribution >= 0.6 is 0 Å². The van der Waals surface area contributed by atoms with E-state index in [1.165, 1.54) is 5.56 Å². The molecule has 0 aliphatic carbocycles. The van der Waals surface area contributed by atoms with Crippen molar-refractivity contribution in [3.63, 3.8) is 0 Å². The molecule has 24 heavy (non-hydrogen) atoms. The monoisotopic (exact) mass is 328 g/mol. The third-order valence-corrected chi connectivity index (χ3v) is 4.68. The Morgan fingerprint density at radius 3 is 2.71 bits per heavy atom. The Labute approximate surface area is 142 Å². The molecule has 0 saturated carbocycles. The Hall–Kier alpha value is -2.34. The molecule has 2 atom stereocenters. The van der Waals surface area contributed by atoms with Gasteiger partial charge in [-0.1, -0.05) is 12.1 Å². The van der Waals surface area contributed by atoms with E-state index >= 15 is 0 Å². The number of carbonyl (C=O) groups is 1. The standard InChI is InChI=1S/C18H24N4O2/c1-19-17(15-10-20-21(2)11-15)18(23)22-9-8-14(12-22)13-4-6-16(24-3)7-5-13/h4-7,10-11,14,17,19H,8-9,12H2,1-3H3. The zero-order valence-corrected chi connectivity index (χ0v) is 14.4. The van der Waals surface area contributed by atoms with Gasteiger partial charge >= 0.3 is 0 Å². The van der Waals surface area contributed by atoms with E-state index in [2.05, 4.69) is 22.5 Å². The summed E-state index contributed by atoms with van der Waals surface area (Å²) in [6.07, 6.45) is 4.62. The highest BCUT2D eigenvalue weighted by atomic mass is 16.5. The Balaban J connectivity index is 1.68. The summed E-state index contributed by atoms with van der Waals surface area (Å²) in [5.74, 6) is 1.35. The summed E-state index contributed by atoms with van der Waals surface area (Å²) in [5, 5.41) is 7.28. The van der Waals surface area contributed by atoms with E-state index in [1.54, 1.807) is 18.0 Å². The van der Waals surface area contributed by atoms with Crippen molar-refractivity contribution in [3.8, 4) is 5.75 Å². The smallest absolute Gasteiger partial charge is 0.244 e. The molecular weight excluding hydrogens is 304 g/mol. The van der Waals surface area contributed by atoms with Crippen LogP contribution in [0.15, 0.2) is 36.7 Å². The minimum absolute atomic E-state index is 0.113. The van der Waals surface area contributed by atoms with Crippen LogP contribution in [-0.4, -0.2) is 47.8 Å². The lowest BCUT2D eigenvalue weighted by atomic mass is 9.98. The number of likely N-dealkylation sites (tertiary alicyclic amines) is 1. The first-order valence-electron chi connectivity index (χ1n) is 8.21. The van der Waals surface area contributed by atoms with E-state index < -0.39 is 0 Å². The number of aryl methyl sites for hydroxylation is 1. The van der Waals surface area contributed by atoms with Crippen LogP contribution in [0.3, 0.4) is 0 Å². The first-order chi connectivity index (χ1) is 11.6. The fourth-order valence-electron chi connectivity index (χ4n) is 3.31. The number of aromatic nitrogens is 2. The molecule has 6 heteroatoms. The zero-order chi connectivity index (χ0) is 17.1. The topological polar surface area (TPSA) is 59.4 Å². The van der Waals surface area contributed by atoms with Gasteiger partial charge in [0.25, 0.3) is 0 Å². The van der Waals surface area contributed by atoms with Crippen molar-refractivity contribution in [1.29, 1.82) is 0 Å². The lowest BCUT2D eigenvalue weighted by Crippen LogP contribution is -2.38. The van der Waals surface area contributed by atoms with E-state index in [-0.39, 0.29) is 11.9 Å². The van der Waals surface area contributed by atoms with Crippen molar-refractivity contribution in [1.82, 2.24) is 20.0 Å². The number of nitrogens with zero attached hydrogens (tertiary/aromatic N) is 3. The van der Waals surface area contributed by atoms with Crippen LogP contribution in [-0.2, 0) is 11.8 Å². The van der Waals surface area contributed by atoms with Crippen molar-refractivity contribution in [2.45, 2.75) is 18.4 Å². The van der Waals surface area contributed by atoms with Gasteiger partial charge < -0.3 is 15.0 Å².